The molecule has 2 amide bonds. The van der Waals surface area contributed by atoms with E-state index in [4.69, 9.17) is 5.73 Å². The maximum atomic E-state index is 12.0. The molecule has 5 nitrogen and oxygen atoms in total. The van der Waals surface area contributed by atoms with Crippen LogP contribution in [0.2, 0.25) is 0 Å². The van der Waals surface area contributed by atoms with Crippen LogP contribution in [0, 0.1) is 0 Å². The fraction of sp³-hybridized carbons (Fsp3) is 0.833. The van der Waals surface area contributed by atoms with Crippen molar-refractivity contribution in [2.45, 2.75) is 51.6 Å². The van der Waals surface area contributed by atoms with Crippen LogP contribution >= 0.6 is 0 Å². The van der Waals surface area contributed by atoms with E-state index in [9.17, 15) is 9.59 Å². The lowest BCUT2D eigenvalue weighted by Gasteiger charge is -2.34. The van der Waals surface area contributed by atoms with E-state index in [1.54, 1.807) is 4.90 Å². The number of carbonyl (C=O) groups excluding carboxylic acids is 2. The van der Waals surface area contributed by atoms with Crippen molar-refractivity contribution in [1.82, 2.24) is 10.2 Å². The summed E-state index contributed by atoms with van der Waals surface area (Å²) in [5, 5.41) is 2.79. The van der Waals surface area contributed by atoms with Gasteiger partial charge < -0.3 is 16.0 Å². The second kappa shape index (κ2) is 6.59. The van der Waals surface area contributed by atoms with E-state index >= 15 is 0 Å². The van der Waals surface area contributed by atoms with Crippen LogP contribution in [0.15, 0.2) is 0 Å². The minimum atomic E-state index is -0.286. The van der Waals surface area contributed by atoms with Gasteiger partial charge in [-0.05, 0) is 26.2 Å². The Hall–Kier alpha value is -1.10. The number of nitrogens with zero attached hydrogens (tertiary/aromatic N) is 1. The Balaban J connectivity index is 2.46. The van der Waals surface area contributed by atoms with Crippen LogP contribution in [0.25, 0.3) is 0 Å². The first-order valence-electron chi connectivity index (χ1n) is 6.39. The maximum Gasteiger partial charge on any atom is 0.242 e. The second-order valence-corrected chi connectivity index (χ2v) is 4.67. The van der Waals surface area contributed by atoms with Gasteiger partial charge >= 0.3 is 0 Å². The van der Waals surface area contributed by atoms with Crippen molar-refractivity contribution in [3.63, 3.8) is 0 Å². The van der Waals surface area contributed by atoms with Crippen LogP contribution in [-0.2, 0) is 9.59 Å². The van der Waals surface area contributed by atoms with Crippen LogP contribution in [0.1, 0.15) is 39.5 Å². The van der Waals surface area contributed by atoms with E-state index in [0.29, 0.717) is 25.9 Å². The third-order valence-electron chi connectivity index (χ3n) is 3.09. The fourth-order valence-corrected chi connectivity index (χ4v) is 2.14. The molecule has 1 rings (SSSR count). The van der Waals surface area contributed by atoms with Crippen molar-refractivity contribution in [2.75, 3.05) is 13.1 Å². The summed E-state index contributed by atoms with van der Waals surface area (Å²) in [4.78, 5) is 25.3. The standard InChI is InChI=1S/C12H23N3O2/c1-3-10-12(17)14-7-8-15(10)11(16)6-4-5-9(2)13/h9-10H,3-8,13H2,1-2H3,(H,14,17). The lowest BCUT2D eigenvalue weighted by molar-refractivity contribution is -0.143. The molecule has 2 atom stereocenters. The molecule has 1 fully saturated rings. The van der Waals surface area contributed by atoms with E-state index in [0.717, 1.165) is 12.8 Å². The zero-order chi connectivity index (χ0) is 12.8. The fourth-order valence-electron chi connectivity index (χ4n) is 2.14. The van der Waals surface area contributed by atoms with Gasteiger partial charge in [0.05, 0.1) is 0 Å². The average molecular weight is 241 g/mol. The number of hydrogen-bond acceptors (Lipinski definition) is 3. The van der Waals surface area contributed by atoms with Gasteiger partial charge in [0.1, 0.15) is 6.04 Å². The van der Waals surface area contributed by atoms with Gasteiger partial charge in [0.15, 0.2) is 0 Å². The number of hydrogen-bond donors (Lipinski definition) is 2. The zero-order valence-corrected chi connectivity index (χ0v) is 10.7. The average Bonchev–Trinajstić information content (AvgIpc) is 2.28. The summed E-state index contributed by atoms with van der Waals surface area (Å²) in [6.45, 7) is 5.06. The largest absolute Gasteiger partial charge is 0.353 e. The van der Waals surface area contributed by atoms with Gasteiger partial charge in [-0.25, -0.2) is 0 Å². The predicted molar refractivity (Wildman–Crippen MR) is 66.3 cm³/mol. The Labute approximate surface area is 103 Å². The van der Waals surface area contributed by atoms with Crippen LogP contribution < -0.4 is 11.1 Å². The Bertz CT molecular complexity index is 279. The van der Waals surface area contributed by atoms with E-state index in [1.807, 2.05) is 13.8 Å². The van der Waals surface area contributed by atoms with Crippen LogP contribution in [-0.4, -0.2) is 41.9 Å². The lowest BCUT2D eigenvalue weighted by Crippen LogP contribution is -2.56. The molecule has 1 saturated heterocycles. The van der Waals surface area contributed by atoms with Crippen molar-refractivity contribution in [3.05, 3.63) is 0 Å². The minimum Gasteiger partial charge on any atom is -0.353 e. The number of nitrogens with two attached hydrogens (primary N) is 1. The molecule has 0 aromatic carbocycles. The molecule has 5 heteroatoms. The predicted octanol–water partition coefficient (Wildman–Crippen LogP) is 0.241. The highest BCUT2D eigenvalue weighted by Crippen LogP contribution is 2.12. The minimum absolute atomic E-state index is 0.0284. The normalized spacial score (nSPS) is 22.2. The highest BCUT2D eigenvalue weighted by atomic mass is 16.2. The van der Waals surface area contributed by atoms with Crippen molar-refractivity contribution in [3.8, 4) is 0 Å². The van der Waals surface area contributed by atoms with E-state index in [2.05, 4.69) is 5.32 Å². The van der Waals surface area contributed by atoms with Crippen LogP contribution in [0.3, 0.4) is 0 Å². The first-order chi connectivity index (χ1) is 8.06. The van der Waals surface area contributed by atoms with Crippen LogP contribution in [0.4, 0.5) is 0 Å². The van der Waals surface area contributed by atoms with Gasteiger partial charge in [0, 0.05) is 25.6 Å². The van der Waals surface area contributed by atoms with E-state index < -0.39 is 0 Å². The Kier molecular flexibility index (Phi) is 5.41. The Morgan fingerprint density at radius 3 is 2.94 bits per heavy atom. The third-order valence-corrected chi connectivity index (χ3v) is 3.09. The van der Waals surface area contributed by atoms with Crippen LogP contribution in [0.5, 0.6) is 0 Å². The van der Waals surface area contributed by atoms with Gasteiger partial charge in [-0.15, -0.1) is 0 Å². The highest BCUT2D eigenvalue weighted by molar-refractivity contribution is 5.88. The van der Waals surface area contributed by atoms with Crippen molar-refractivity contribution < 1.29 is 9.59 Å². The van der Waals surface area contributed by atoms with E-state index in [-0.39, 0.29) is 23.9 Å². The summed E-state index contributed by atoms with van der Waals surface area (Å²) in [6.07, 6.45) is 2.81. The number of piperazine rings is 1. The topological polar surface area (TPSA) is 75.4 Å². The molecule has 17 heavy (non-hydrogen) atoms. The molecule has 1 aliphatic rings. The number of rotatable bonds is 5. The first-order valence-corrected chi connectivity index (χ1v) is 6.39. The molecule has 1 heterocycles. The number of amides is 2. The summed E-state index contributed by atoms with van der Waals surface area (Å²) in [5.74, 6) is 0.0478. The molecule has 98 valence electrons. The molecular weight excluding hydrogens is 218 g/mol. The third kappa shape index (κ3) is 4.00. The second-order valence-electron chi connectivity index (χ2n) is 4.67. The van der Waals surface area contributed by atoms with Crippen molar-refractivity contribution >= 4 is 11.8 Å². The maximum absolute atomic E-state index is 12.0. The molecule has 0 bridgehead atoms. The van der Waals surface area contributed by atoms with Gasteiger partial charge in [0.2, 0.25) is 11.8 Å². The Morgan fingerprint density at radius 2 is 2.35 bits per heavy atom. The molecule has 0 aromatic rings. The SMILES string of the molecule is CCC1C(=O)NCCN1C(=O)CCCC(C)N. The summed E-state index contributed by atoms with van der Waals surface area (Å²) in [5.41, 5.74) is 5.64. The van der Waals surface area contributed by atoms with E-state index in [1.165, 1.54) is 0 Å². The summed E-state index contributed by atoms with van der Waals surface area (Å²) >= 11 is 0. The smallest absolute Gasteiger partial charge is 0.242 e. The molecule has 0 aliphatic carbocycles. The molecule has 0 saturated carbocycles. The van der Waals surface area contributed by atoms with Gasteiger partial charge in [-0.3, -0.25) is 9.59 Å². The van der Waals surface area contributed by atoms with Gasteiger partial charge in [-0.1, -0.05) is 6.92 Å². The monoisotopic (exact) mass is 241 g/mol. The first kappa shape index (κ1) is 14.0. The molecule has 0 radical (unpaired) electrons. The molecule has 3 N–H and O–H groups in total. The highest BCUT2D eigenvalue weighted by Gasteiger charge is 2.30. The number of carbonyl (C=O) groups is 2. The number of nitrogens with one attached hydrogen (secondary N) is 1. The van der Waals surface area contributed by atoms with Crippen molar-refractivity contribution in [2.24, 2.45) is 5.73 Å². The van der Waals surface area contributed by atoms with Gasteiger partial charge in [-0.2, -0.15) is 0 Å². The molecular formula is C12H23N3O2. The summed E-state index contributed by atoms with van der Waals surface area (Å²) in [7, 11) is 0. The van der Waals surface area contributed by atoms with Crippen molar-refractivity contribution in [1.29, 1.82) is 0 Å². The molecule has 1 aliphatic heterocycles. The zero-order valence-electron chi connectivity index (χ0n) is 10.7. The Morgan fingerprint density at radius 1 is 1.65 bits per heavy atom. The summed E-state index contributed by atoms with van der Waals surface area (Å²) in [6, 6.07) is -0.152. The van der Waals surface area contributed by atoms with Gasteiger partial charge in [0.25, 0.3) is 0 Å². The molecule has 2 unspecified atom stereocenters. The summed E-state index contributed by atoms with van der Waals surface area (Å²) < 4.78 is 0. The lowest BCUT2D eigenvalue weighted by atomic mass is 10.1. The molecule has 0 aromatic heterocycles. The quantitative estimate of drug-likeness (QED) is 0.724. The molecule has 0 spiro atoms.